The van der Waals surface area contributed by atoms with E-state index >= 15 is 0 Å². The Kier molecular flexibility index (Phi) is 6.90. The molecule has 1 aliphatic rings. The minimum Gasteiger partial charge on any atom is -0.344 e. The van der Waals surface area contributed by atoms with Crippen molar-refractivity contribution in [3.05, 3.63) is 84.1 Å². The van der Waals surface area contributed by atoms with Crippen LogP contribution in [0.1, 0.15) is 32.3 Å². The first-order chi connectivity index (χ1) is 14.3. The Labute approximate surface area is 179 Å². The summed E-state index contributed by atoms with van der Waals surface area (Å²) in [6.07, 6.45) is 8.72. The number of rotatable bonds is 8. The summed E-state index contributed by atoms with van der Waals surface area (Å²) in [5.74, 6) is -0.232. The van der Waals surface area contributed by atoms with Crippen LogP contribution in [0.3, 0.4) is 0 Å². The maximum Gasteiger partial charge on any atom is 0.264 e. The Hall–Kier alpha value is -2.70. The highest BCUT2D eigenvalue weighted by Crippen LogP contribution is 2.50. The summed E-state index contributed by atoms with van der Waals surface area (Å²) in [6.45, 7) is 5.06. The first kappa shape index (κ1) is 22.0. The van der Waals surface area contributed by atoms with Crippen LogP contribution in [-0.2, 0) is 15.5 Å². The number of nitrogens with zero attached hydrogens (tertiary/aromatic N) is 2. The third-order valence-corrected chi connectivity index (χ3v) is 6.28. The highest BCUT2D eigenvalue weighted by atomic mass is 32.2. The number of para-hydroxylation sites is 2. The fraction of sp³-hybridized carbons (Fsp3) is 0.292. The molecule has 1 unspecified atom stereocenters. The van der Waals surface area contributed by atoms with Crippen LogP contribution in [0.2, 0.25) is 0 Å². The van der Waals surface area contributed by atoms with E-state index in [0.29, 0.717) is 12.8 Å². The third kappa shape index (κ3) is 5.07. The van der Waals surface area contributed by atoms with Gasteiger partial charge in [-0.2, -0.15) is 8.42 Å². The summed E-state index contributed by atoms with van der Waals surface area (Å²) in [4.78, 5) is 6.68. The highest BCUT2D eigenvalue weighted by molar-refractivity contribution is 7.85. The van der Waals surface area contributed by atoms with Crippen LogP contribution in [0, 0.1) is 0 Å². The van der Waals surface area contributed by atoms with Crippen molar-refractivity contribution in [1.29, 1.82) is 0 Å². The molecule has 1 heterocycles. The number of aliphatic imine (C=N–C) groups is 1. The zero-order valence-electron chi connectivity index (χ0n) is 17.4. The van der Waals surface area contributed by atoms with Crippen molar-refractivity contribution in [3.8, 4) is 0 Å². The Balaban J connectivity index is 1.87. The van der Waals surface area contributed by atoms with E-state index in [0.717, 1.165) is 23.6 Å². The van der Waals surface area contributed by atoms with Gasteiger partial charge in [-0.15, -0.1) is 0 Å². The predicted octanol–water partition coefficient (Wildman–Crippen LogP) is 5.29. The number of hydrogen-bond acceptors (Lipinski definition) is 4. The molecule has 158 valence electrons. The molecule has 1 atom stereocenters. The van der Waals surface area contributed by atoms with Crippen molar-refractivity contribution < 1.29 is 13.0 Å². The SMILES string of the molecule is CCN1/C(=C/C=C/C=Nc2ccccc2)C(C)(CCCS(=O)(=O)O)c2ccccc21. The fourth-order valence-corrected chi connectivity index (χ4v) is 4.58. The van der Waals surface area contributed by atoms with Gasteiger partial charge in [0.15, 0.2) is 0 Å². The number of benzene rings is 2. The third-order valence-electron chi connectivity index (χ3n) is 5.47. The van der Waals surface area contributed by atoms with E-state index in [4.69, 9.17) is 4.55 Å². The normalized spacial score (nSPS) is 20.5. The molecule has 0 fully saturated rings. The molecule has 0 saturated heterocycles. The van der Waals surface area contributed by atoms with Gasteiger partial charge in [0.05, 0.1) is 11.4 Å². The average Bonchev–Trinajstić information content (AvgIpc) is 2.96. The maximum atomic E-state index is 11.2. The topological polar surface area (TPSA) is 70.0 Å². The van der Waals surface area contributed by atoms with Crippen molar-refractivity contribution >= 4 is 27.7 Å². The van der Waals surface area contributed by atoms with E-state index in [-0.39, 0.29) is 11.2 Å². The van der Waals surface area contributed by atoms with E-state index in [2.05, 4.69) is 41.9 Å². The summed E-state index contributed by atoms with van der Waals surface area (Å²) in [5.41, 5.74) is 4.00. The van der Waals surface area contributed by atoms with Gasteiger partial charge in [-0.05, 0) is 62.6 Å². The number of hydrogen-bond donors (Lipinski definition) is 1. The summed E-state index contributed by atoms with van der Waals surface area (Å²) in [5, 5.41) is 0. The standard InChI is InChI=1S/C24H28N2O3S/c1-3-26-22-15-8-7-14-21(22)24(2,17-11-19-30(27,28)29)23(26)16-9-10-18-25-20-12-5-4-6-13-20/h4-10,12-16,18H,3,11,17,19H2,1-2H3,(H,27,28,29)/b10-9+,23-16+,25-18?. The minimum absolute atomic E-state index is 0.232. The van der Waals surface area contributed by atoms with Crippen LogP contribution in [0.15, 0.2) is 83.5 Å². The Morgan fingerprint density at radius 1 is 1.07 bits per heavy atom. The summed E-state index contributed by atoms with van der Waals surface area (Å²) in [7, 11) is -3.97. The van der Waals surface area contributed by atoms with Gasteiger partial charge in [0.1, 0.15) is 0 Å². The molecule has 30 heavy (non-hydrogen) atoms. The molecule has 0 aliphatic carbocycles. The molecule has 1 aliphatic heterocycles. The van der Waals surface area contributed by atoms with Crippen molar-refractivity contribution in [2.75, 3.05) is 17.2 Å². The van der Waals surface area contributed by atoms with Crippen LogP contribution in [0.25, 0.3) is 0 Å². The Morgan fingerprint density at radius 2 is 1.77 bits per heavy atom. The largest absolute Gasteiger partial charge is 0.344 e. The van der Waals surface area contributed by atoms with Crippen molar-refractivity contribution in [2.45, 2.75) is 32.1 Å². The van der Waals surface area contributed by atoms with Crippen molar-refractivity contribution in [1.82, 2.24) is 0 Å². The predicted molar refractivity (Wildman–Crippen MR) is 124 cm³/mol. The van der Waals surface area contributed by atoms with E-state index in [9.17, 15) is 8.42 Å². The molecule has 2 aromatic rings. The average molecular weight is 425 g/mol. The highest BCUT2D eigenvalue weighted by Gasteiger charge is 2.42. The molecule has 0 aromatic heterocycles. The van der Waals surface area contributed by atoms with Crippen LogP contribution in [-0.4, -0.2) is 31.5 Å². The Bertz CT molecular complexity index is 1060. The molecule has 0 spiro atoms. The lowest BCUT2D eigenvalue weighted by molar-refractivity contribution is 0.467. The van der Waals surface area contributed by atoms with E-state index < -0.39 is 10.1 Å². The molecule has 0 amide bonds. The zero-order valence-corrected chi connectivity index (χ0v) is 18.2. The zero-order chi connectivity index (χ0) is 21.6. The summed E-state index contributed by atoms with van der Waals surface area (Å²) in [6, 6.07) is 18.0. The van der Waals surface area contributed by atoms with Gasteiger partial charge >= 0.3 is 0 Å². The first-order valence-corrected chi connectivity index (χ1v) is 11.7. The molecule has 1 N–H and O–H groups in total. The van der Waals surface area contributed by atoms with Crippen molar-refractivity contribution in [3.63, 3.8) is 0 Å². The summed E-state index contributed by atoms with van der Waals surface area (Å²) < 4.78 is 31.6. The maximum absolute atomic E-state index is 11.2. The first-order valence-electron chi connectivity index (χ1n) is 10.1. The molecular weight excluding hydrogens is 396 g/mol. The summed E-state index contributed by atoms with van der Waals surface area (Å²) >= 11 is 0. The number of anilines is 1. The fourth-order valence-electron chi connectivity index (χ4n) is 4.07. The lowest BCUT2D eigenvalue weighted by Crippen LogP contribution is -2.29. The second-order valence-corrected chi connectivity index (χ2v) is 9.11. The lowest BCUT2D eigenvalue weighted by atomic mass is 9.77. The second kappa shape index (κ2) is 9.41. The van der Waals surface area contributed by atoms with Gasteiger partial charge in [0.2, 0.25) is 0 Å². The number of allylic oxidation sites excluding steroid dienone is 4. The van der Waals surface area contributed by atoms with Gasteiger partial charge in [0.25, 0.3) is 10.1 Å². The van der Waals surface area contributed by atoms with Crippen LogP contribution in [0.4, 0.5) is 11.4 Å². The van der Waals surface area contributed by atoms with Crippen LogP contribution >= 0.6 is 0 Å². The number of likely N-dealkylation sites (N-methyl/N-ethyl adjacent to an activating group) is 1. The minimum atomic E-state index is -3.97. The van der Waals surface area contributed by atoms with Gasteiger partial charge in [-0.25, -0.2) is 0 Å². The molecule has 0 saturated carbocycles. The van der Waals surface area contributed by atoms with Gasteiger partial charge in [-0.1, -0.05) is 42.5 Å². The van der Waals surface area contributed by atoms with Gasteiger partial charge in [-0.3, -0.25) is 9.55 Å². The van der Waals surface area contributed by atoms with E-state index in [1.807, 2.05) is 54.6 Å². The number of fused-ring (bicyclic) bond motifs is 1. The second-order valence-electron chi connectivity index (χ2n) is 7.53. The van der Waals surface area contributed by atoms with Crippen molar-refractivity contribution in [2.24, 2.45) is 4.99 Å². The molecule has 0 radical (unpaired) electrons. The van der Waals surface area contributed by atoms with Crippen LogP contribution < -0.4 is 4.90 Å². The van der Waals surface area contributed by atoms with E-state index in [1.54, 1.807) is 6.21 Å². The molecule has 6 heteroatoms. The smallest absolute Gasteiger partial charge is 0.264 e. The molecule has 0 bridgehead atoms. The Morgan fingerprint density at radius 3 is 2.47 bits per heavy atom. The molecule has 3 rings (SSSR count). The lowest BCUT2D eigenvalue weighted by Gasteiger charge is -2.29. The van der Waals surface area contributed by atoms with Gasteiger partial charge < -0.3 is 4.90 Å². The van der Waals surface area contributed by atoms with Gasteiger partial charge in [0, 0.05) is 29.6 Å². The van der Waals surface area contributed by atoms with Crippen LogP contribution in [0.5, 0.6) is 0 Å². The molecule has 2 aromatic carbocycles. The van der Waals surface area contributed by atoms with E-state index in [1.165, 1.54) is 5.56 Å². The quantitative estimate of drug-likeness (QED) is 0.461. The molecule has 5 nitrogen and oxygen atoms in total. The monoisotopic (exact) mass is 424 g/mol. The molecular formula is C24H28N2O3S.